The van der Waals surface area contributed by atoms with Gasteiger partial charge in [-0.3, -0.25) is 4.79 Å². The normalized spacial score (nSPS) is 11.0. The molecule has 1 aromatic heterocycles. The molecule has 3 rings (SSSR count). The first-order valence-corrected chi connectivity index (χ1v) is 8.47. The number of benzene rings is 2. The number of rotatable bonds is 4. The fourth-order valence-corrected chi connectivity index (χ4v) is 2.84. The van der Waals surface area contributed by atoms with Gasteiger partial charge in [-0.05, 0) is 54.8 Å². The zero-order valence-corrected chi connectivity index (χ0v) is 15.5. The summed E-state index contributed by atoms with van der Waals surface area (Å²) in [6.45, 7) is 3.29. The lowest BCUT2D eigenvalue weighted by Gasteiger charge is -2.16. The second-order valence-electron chi connectivity index (χ2n) is 6.26. The minimum absolute atomic E-state index is 0.0216. The standard InChI is InChI=1S/C19H14ClF4N3O/c1-9-4-16(10(2)3-12(9)20)25-19-26-18(28)15(23)8-27(19)7-11-5-13(21)17(24)14(22)6-11/h3-6,8H,7H2,1-2H3,(H,25,26,28). The van der Waals surface area contributed by atoms with Crippen LogP contribution in [0.3, 0.4) is 0 Å². The molecule has 0 fully saturated rings. The molecule has 0 unspecified atom stereocenters. The van der Waals surface area contributed by atoms with Crippen LogP contribution in [0.15, 0.2) is 35.3 Å². The van der Waals surface area contributed by atoms with Gasteiger partial charge in [0.2, 0.25) is 11.8 Å². The van der Waals surface area contributed by atoms with Crippen LogP contribution in [-0.2, 0) is 6.54 Å². The Labute approximate surface area is 162 Å². The Hall–Kier alpha value is -2.87. The summed E-state index contributed by atoms with van der Waals surface area (Å²) in [7, 11) is 0. The van der Waals surface area contributed by atoms with Crippen LogP contribution in [-0.4, -0.2) is 9.55 Å². The summed E-state index contributed by atoms with van der Waals surface area (Å²) >= 11 is 6.07. The van der Waals surface area contributed by atoms with Gasteiger partial charge in [0, 0.05) is 16.9 Å². The Bertz CT molecular complexity index is 1110. The van der Waals surface area contributed by atoms with Crippen molar-refractivity contribution in [3.8, 4) is 0 Å². The smallest absolute Gasteiger partial charge is 0.310 e. The third-order valence-electron chi connectivity index (χ3n) is 4.10. The molecule has 0 bridgehead atoms. The lowest BCUT2D eigenvalue weighted by molar-refractivity contribution is 0.444. The maximum absolute atomic E-state index is 13.8. The van der Waals surface area contributed by atoms with Crippen molar-refractivity contribution in [2.45, 2.75) is 20.4 Å². The topological polar surface area (TPSA) is 46.9 Å². The molecule has 0 aliphatic carbocycles. The fraction of sp³-hybridized carbons (Fsp3) is 0.158. The van der Waals surface area contributed by atoms with Crippen molar-refractivity contribution < 1.29 is 17.6 Å². The van der Waals surface area contributed by atoms with Gasteiger partial charge in [-0.15, -0.1) is 0 Å². The number of aryl methyl sites for hydroxylation is 2. The van der Waals surface area contributed by atoms with Gasteiger partial charge in [-0.1, -0.05) is 11.6 Å². The molecule has 0 aliphatic heterocycles. The van der Waals surface area contributed by atoms with E-state index in [9.17, 15) is 22.4 Å². The van der Waals surface area contributed by atoms with E-state index in [4.69, 9.17) is 11.6 Å². The average Bonchev–Trinajstić information content (AvgIpc) is 2.61. The first-order valence-electron chi connectivity index (χ1n) is 8.10. The van der Waals surface area contributed by atoms with Gasteiger partial charge in [0.1, 0.15) is 0 Å². The van der Waals surface area contributed by atoms with Gasteiger partial charge in [0.15, 0.2) is 17.5 Å². The van der Waals surface area contributed by atoms with E-state index in [1.54, 1.807) is 26.0 Å². The quantitative estimate of drug-likeness (QED) is 0.492. The van der Waals surface area contributed by atoms with Crippen molar-refractivity contribution in [3.05, 3.63) is 85.8 Å². The maximum Gasteiger partial charge on any atom is 0.310 e. The highest BCUT2D eigenvalue weighted by Gasteiger charge is 2.14. The van der Waals surface area contributed by atoms with Crippen molar-refractivity contribution in [3.63, 3.8) is 0 Å². The van der Waals surface area contributed by atoms with Gasteiger partial charge in [-0.2, -0.15) is 9.37 Å². The fourth-order valence-electron chi connectivity index (χ4n) is 2.62. The molecule has 146 valence electrons. The van der Waals surface area contributed by atoms with Crippen molar-refractivity contribution in [1.29, 1.82) is 0 Å². The summed E-state index contributed by atoms with van der Waals surface area (Å²) < 4.78 is 55.0. The van der Waals surface area contributed by atoms with E-state index in [0.29, 0.717) is 10.7 Å². The Kier molecular flexibility index (Phi) is 5.42. The molecular formula is C19H14ClF4N3O. The van der Waals surface area contributed by atoms with Crippen LogP contribution < -0.4 is 10.9 Å². The van der Waals surface area contributed by atoms with E-state index < -0.39 is 28.8 Å². The molecular weight excluding hydrogens is 398 g/mol. The molecule has 1 heterocycles. The van der Waals surface area contributed by atoms with E-state index >= 15 is 0 Å². The molecule has 4 nitrogen and oxygen atoms in total. The SMILES string of the molecule is Cc1cc(Nc2nc(=O)c(F)cn2Cc2cc(F)c(F)c(F)c2)c(C)cc1Cl. The van der Waals surface area contributed by atoms with Gasteiger partial charge in [0.05, 0.1) is 6.54 Å². The number of hydrogen-bond acceptors (Lipinski definition) is 3. The molecule has 0 radical (unpaired) electrons. The third-order valence-corrected chi connectivity index (χ3v) is 4.51. The van der Waals surface area contributed by atoms with Gasteiger partial charge >= 0.3 is 5.56 Å². The summed E-state index contributed by atoms with van der Waals surface area (Å²) in [5.74, 6) is -5.54. The Morgan fingerprint density at radius 1 is 1.00 bits per heavy atom. The highest BCUT2D eigenvalue weighted by Crippen LogP contribution is 2.26. The van der Waals surface area contributed by atoms with Crippen molar-refractivity contribution in [2.24, 2.45) is 0 Å². The summed E-state index contributed by atoms with van der Waals surface area (Å²) in [5.41, 5.74) is 0.977. The molecule has 2 aromatic carbocycles. The van der Waals surface area contributed by atoms with Crippen LogP contribution in [0.25, 0.3) is 0 Å². The summed E-state index contributed by atoms with van der Waals surface area (Å²) in [6, 6.07) is 5.00. The van der Waals surface area contributed by atoms with Gasteiger partial charge < -0.3 is 9.88 Å². The summed E-state index contributed by atoms with van der Waals surface area (Å²) in [4.78, 5) is 15.3. The molecule has 0 atom stereocenters. The van der Waals surface area contributed by atoms with Crippen LogP contribution in [0.4, 0.5) is 29.2 Å². The number of aromatic nitrogens is 2. The van der Waals surface area contributed by atoms with Crippen LogP contribution in [0.2, 0.25) is 5.02 Å². The minimum Gasteiger partial charge on any atom is -0.325 e. The largest absolute Gasteiger partial charge is 0.325 e. The highest BCUT2D eigenvalue weighted by molar-refractivity contribution is 6.31. The number of hydrogen-bond donors (Lipinski definition) is 1. The molecule has 1 N–H and O–H groups in total. The molecule has 0 amide bonds. The second kappa shape index (κ2) is 7.63. The summed E-state index contributed by atoms with van der Waals surface area (Å²) in [6.07, 6.45) is 0.856. The number of nitrogens with one attached hydrogen (secondary N) is 1. The molecule has 0 spiro atoms. The van der Waals surface area contributed by atoms with Crippen LogP contribution in [0, 0.1) is 37.1 Å². The zero-order valence-electron chi connectivity index (χ0n) is 14.8. The number of anilines is 2. The van der Waals surface area contributed by atoms with E-state index in [1.165, 1.54) is 0 Å². The van der Waals surface area contributed by atoms with Gasteiger partial charge in [0.25, 0.3) is 0 Å². The number of halogens is 5. The van der Waals surface area contributed by atoms with E-state index in [1.807, 2.05) is 0 Å². The van der Waals surface area contributed by atoms with Crippen molar-refractivity contribution in [1.82, 2.24) is 9.55 Å². The molecule has 0 saturated heterocycles. The zero-order chi connectivity index (χ0) is 20.6. The van der Waals surface area contributed by atoms with Crippen LogP contribution in [0.5, 0.6) is 0 Å². The Balaban J connectivity index is 2.04. The first-order chi connectivity index (χ1) is 13.2. The average molecular weight is 412 g/mol. The molecule has 9 heteroatoms. The Morgan fingerprint density at radius 2 is 1.64 bits per heavy atom. The predicted octanol–water partition coefficient (Wildman–Crippen LogP) is 4.86. The maximum atomic E-state index is 13.8. The lowest BCUT2D eigenvalue weighted by Crippen LogP contribution is -2.20. The number of nitrogens with zero attached hydrogens (tertiary/aromatic N) is 2. The van der Waals surface area contributed by atoms with Crippen LogP contribution in [0.1, 0.15) is 16.7 Å². The van der Waals surface area contributed by atoms with E-state index in [0.717, 1.165) is 34.0 Å². The molecule has 28 heavy (non-hydrogen) atoms. The van der Waals surface area contributed by atoms with E-state index in [2.05, 4.69) is 10.3 Å². The minimum atomic E-state index is -1.60. The molecule has 0 saturated carbocycles. The third kappa shape index (κ3) is 4.01. The first kappa shape index (κ1) is 19.9. The van der Waals surface area contributed by atoms with Crippen LogP contribution >= 0.6 is 11.6 Å². The second-order valence-corrected chi connectivity index (χ2v) is 6.67. The van der Waals surface area contributed by atoms with E-state index in [-0.39, 0.29) is 18.1 Å². The molecule has 3 aromatic rings. The van der Waals surface area contributed by atoms with Crippen molar-refractivity contribution in [2.75, 3.05) is 5.32 Å². The monoisotopic (exact) mass is 411 g/mol. The molecule has 0 aliphatic rings. The predicted molar refractivity (Wildman–Crippen MR) is 98.1 cm³/mol. The highest BCUT2D eigenvalue weighted by atomic mass is 35.5. The van der Waals surface area contributed by atoms with Crippen molar-refractivity contribution >= 4 is 23.2 Å². The van der Waals surface area contributed by atoms with Gasteiger partial charge in [-0.25, -0.2) is 13.2 Å². The Morgan fingerprint density at radius 3 is 2.29 bits per heavy atom. The summed E-state index contributed by atoms with van der Waals surface area (Å²) in [5, 5.41) is 3.45. The lowest BCUT2D eigenvalue weighted by atomic mass is 10.1.